The number of nitrogens with zero attached hydrogens (tertiary/aromatic N) is 7. The summed E-state index contributed by atoms with van der Waals surface area (Å²) in [4.78, 5) is 17.3. The number of rotatable bonds is 6. The molecule has 0 radical (unpaired) electrons. The second kappa shape index (κ2) is 9.02. The summed E-state index contributed by atoms with van der Waals surface area (Å²) in [6.45, 7) is 3.50. The van der Waals surface area contributed by atoms with Gasteiger partial charge in [0.25, 0.3) is 0 Å². The van der Waals surface area contributed by atoms with Gasteiger partial charge >= 0.3 is 0 Å². The van der Waals surface area contributed by atoms with Crippen molar-refractivity contribution in [1.82, 2.24) is 19.6 Å². The SMILES string of the molecule is C=N/C=C\C(=N/C)c1c(-c2cccc(C#N)c2)nc(N)c2cc(Cc3ccccn3)nn12. The summed E-state index contributed by atoms with van der Waals surface area (Å²) < 4.78 is 1.74. The molecule has 2 N–H and O–H groups in total. The molecule has 3 heterocycles. The highest BCUT2D eigenvalue weighted by molar-refractivity contribution is 6.11. The van der Waals surface area contributed by atoms with Crippen LogP contribution in [-0.2, 0) is 6.42 Å². The Balaban J connectivity index is 1.98. The summed E-state index contributed by atoms with van der Waals surface area (Å²) in [5.74, 6) is 0.326. The van der Waals surface area contributed by atoms with E-state index in [9.17, 15) is 5.26 Å². The highest BCUT2D eigenvalue weighted by Gasteiger charge is 2.20. The zero-order valence-electron chi connectivity index (χ0n) is 17.5. The van der Waals surface area contributed by atoms with Crippen molar-refractivity contribution in [2.45, 2.75) is 6.42 Å². The minimum Gasteiger partial charge on any atom is -0.382 e. The van der Waals surface area contributed by atoms with Gasteiger partial charge in [0.05, 0.1) is 23.0 Å². The minimum atomic E-state index is 0.326. The lowest BCUT2D eigenvalue weighted by atomic mass is 10.0. The smallest absolute Gasteiger partial charge is 0.150 e. The quantitative estimate of drug-likeness (QED) is 0.479. The maximum Gasteiger partial charge on any atom is 0.150 e. The van der Waals surface area contributed by atoms with E-state index in [-0.39, 0.29) is 0 Å². The topological polar surface area (TPSA) is 118 Å². The number of nitrogens with two attached hydrogens (primary N) is 1. The summed E-state index contributed by atoms with van der Waals surface area (Å²) in [7, 11) is 1.68. The Morgan fingerprint density at radius 1 is 1.22 bits per heavy atom. The standard InChI is InChI=1S/C24H20N8/c1-27-11-9-20(28-2)23-22(17-7-5-6-16(12-17)15-25)30-24(26)21-14-19(31-32(21)23)13-18-8-3-4-10-29-18/h3-12,14H,1,13H2,2H3,(H2,26,30)/b11-9-,28-20+. The van der Waals surface area contributed by atoms with Crippen LogP contribution in [0.4, 0.5) is 5.82 Å². The minimum absolute atomic E-state index is 0.326. The van der Waals surface area contributed by atoms with Crippen LogP contribution in [-0.4, -0.2) is 39.1 Å². The predicted molar refractivity (Wildman–Crippen MR) is 126 cm³/mol. The summed E-state index contributed by atoms with van der Waals surface area (Å²) in [5.41, 5.74) is 11.7. The van der Waals surface area contributed by atoms with Crippen molar-refractivity contribution in [3.63, 3.8) is 0 Å². The van der Waals surface area contributed by atoms with Crippen molar-refractivity contribution in [2.24, 2.45) is 9.98 Å². The van der Waals surface area contributed by atoms with Crippen LogP contribution in [0.2, 0.25) is 0 Å². The molecule has 0 saturated carbocycles. The van der Waals surface area contributed by atoms with Crippen molar-refractivity contribution in [1.29, 1.82) is 5.26 Å². The van der Waals surface area contributed by atoms with Gasteiger partial charge in [-0.25, -0.2) is 9.50 Å². The Hall–Kier alpha value is -4.64. The van der Waals surface area contributed by atoms with Crippen LogP contribution in [0, 0.1) is 11.3 Å². The zero-order chi connectivity index (χ0) is 22.5. The molecule has 4 rings (SSSR count). The Morgan fingerprint density at radius 2 is 2.09 bits per heavy atom. The molecule has 0 amide bonds. The van der Waals surface area contributed by atoms with Crippen molar-refractivity contribution in [2.75, 3.05) is 12.8 Å². The number of allylic oxidation sites excluding steroid dienone is 1. The number of benzene rings is 1. The fourth-order valence-corrected chi connectivity index (χ4v) is 3.44. The van der Waals surface area contributed by atoms with E-state index in [1.807, 2.05) is 30.3 Å². The van der Waals surface area contributed by atoms with Crippen molar-refractivity contribution in [3.8, 4) is 17.3 Å². The average molecular weight is 420 g/mol. The molecule has 32 heavy (non-hydrogen) atoms. The lowest BCUT2D eigenvalue weighted by Crippen LogP contribution is -2.13. The Kier molecular flexibility index (Phi) is 5.81. The van der Waals surface area contributed by atoms with Crippen LogP contribution in [0.3, 0.4) is 0 Å². The van der Waals surface area contributed by atoms with Gasteiger partial charge in [0.2, 0.25) is 0 Å². The molecular formula is C24H20N8. The highest BCUT2D eigenvalue weighted by Crippen LogP contribution is 2.28. The van der Waals surface area contributed by atoms with Crippen LogP contribution in [0.5, 0.6) is 0 Å². The van der Waals surface area contributed by atoms with Crippen molar-refractivity contribution < 1.29 is 0 Å². The molecule has 0 fully saturated rings. The Bertz CT molecular complexity index is 1390. The second-order valence-corrected chi connectivity index (χ2v) is 6.92. The largest absolute Gasteiger partial charge is 0.382 e. The first-order valence-corrected chi connectivity index (χ1v) is 9.82. The van der Waals surface area contributed by atoms with Crippen molar-refractivity contribution in [3.05, 3.63) is 89.6 Å². The first-order valence-electron chi connectivity index (χ1n) is 9.82. The third-order valence-corrected chi connectivity index (χ3v) is 4.87. The van der Waals surface area contributed by atoms with Crippen molar-refractivity contribution >= 4 is 23.8 Å². The Morgan fingerprint density at radius 3 is 2.81 bits per heavy atom. The zero-order valence-corrected chi connectivity index (χ0v) is 17.5. The van der Waals surface area contributed by atoms with Gasteiger partial charge in [0.1, 0.15) is 22.7 Å². The molecule has 156 valence electrons. The van der Waals surface area contributed by atoms with Crippen LogP contribution in [0.1, 0.15) is 22.6 Å². The molecule has 0 aliphatic heterocycles. The van der Waals surface area contributed by atoms with E-state index in [1.165, 1.54) is 0 Å². The fraction of sp³-hybridized carbons (Fsp3) is 0.0833. The molecule has 0 spiro atoms. The highest BCUT2D eigenvalue weighted by atomic mass is 15.3. The van der Waals surface area contributed by atoms with Crippen LogP contribution in [0.25, 0.3) is 16.8 Å². The maximum atomic E-state index is 9.35. The average Bonchev–Trinajstić information content (AvgIpc) is 3.25. The number of fused-ring (bicyclic) bond motifs is 1. The van der Waals surface area contributed by atoms with Crippen LogP contribution >= 0.6 is 0 Å². The number of anilines is 1. The van der Waals surface area contributed by atoms with E-state index < -0.39 is 0 Å². The van der Waals surface area contributed by atoms with Gasteiger partial charge in [-0.1, -0.05) is 18.2 Å². The first-order chi connectivity index (χ1) is 15.6. The number of hydrogen-bond acceptors (Lipinski definition) is 7. The molecule has 3 aromatic heterocycles. The summed E-state index contributed by atoms with van der Waals surface area (Å²) in [5, 5.41) is 14.2. The molecule has 8 nitrogen and oxygen atoms in total. The number of pyridine rings is 1. The van der Waals surface area contributed by atoms with E-state index >= 15 is 0 Å². The van der Waals surface area contributed by atoms with Crippen LogP contribution < -0.4 is 5.73 Å². The molecule has 0 bridgehead atoms. The molecule has 8 heteroatoms. The fourth-order valence-electron chi connectivity index (χ4n) is 3.44. The molecule has 0 aliphatic rings. The number of aromatic nitrogens is 4. The summed E-state index contributed by atoms with van der Waals surface area (Å²) in [6.07, 6.45) is 5.58. The molecule has 0 aliphatic carbocycles. The van der Waals surface area contributed by atoms with E-state index in [4.69, 9.17) is 10.8 Å². The summed E-state index contributed by atoms with van der Waals surface area (Å²) in [6, 6.07) is 17.0. The first kappa shape index (κ1) is 20.6. The molecule has 1 aromatic carbocycles. The number of hydrogen-bond donors (Lipinski definition) is 1. The van der Waals surface area contributed by atoms with Gasteiger partial charge in [-0.3, -0.25) is 15.0 Å². The lowest BCUT2D eigenvalue weighted by molar-refractivity contribution is 0.885. The monoisotopic (exact) mass is 420 g/mol. The van der Waals surface area contributed by atoms with Gasteiger partial charge < -0.3 is 5.73 Å². The summed E-state index contributed by atoms with van der Waals surface area (Å²) >= 11 is 0. The third kappa shape index (κ3) is 4.00. The van der Waals surface area contributed by atoms with Gasteiger partial charge in [-0.05, 0) is 43.1 Å². The maximum absolute atomic E-state index is 9.35. The number of aliphatic imine (C=N–C) groups is 2. The van der Waals surface area contributed by atoms with E-state index in [0.717, 1.165) is 17.0 Å². The van der Waals surface area contributed by atoms with Crippen LogP contribution in [0.15, 0.2) is 77.0 Å². The predicted octanol–water partition coefficient (Wildman–Crippen LogP) is 3.47. The number of nitrogen functional groups attached to an aromatic ring is 1. The normalized spacial score (nSPS) is 11.7. The molecule has 0 atom stereocenters. The van der Waals surface area contributed by atoms with E-state index in [1.54, 1.807) is 48.2 Å². The number of nitriles is 1. The van der Waals surface area contributed by atoms with E-state index in [0.29, 0.717) is 40.4 Å². The molecular weight excluding hydrogens is 400 g/mol. The van der Waals surface area contributed by atoms with Gasteiger partial charge in [0.15, 0.2) is 0 Å². The van der Waals surface area contributed by atoms with E-state index in [2.05, 4.69) is 32.7 Å². The molecule has 0 unspecified atom stereocenters. The molecule has 0 saturated heterocycles. The third-order valence-electron chi connectivity index (χ3n) is 4.87. The van der Waals surface area contributed by atoms with Gasteiger partial charge in [-0.15, -0.1) is 0 Å². The second-order valence-electron chi connectivity index (χ2n) is 6.92. The van der Waals surface area contributed by atoms with Gasteiger partial charge in [-0.2, -0.15) is 10.4 Å². The van der Waals surface area contributed by atoms with Gasteiger partial charge in [0, 0.05) is 37.1 Å². The Labute approximate surface area is 185 Å². The lowest BCUT2D eigenvalue weighted by Gasteiger charge is -2.13. The molecule has 4 aromatic rings.